The van der Waals surface area contributed by atoms with Crippen LogP contribution in [-0.4, -0.2) is 18.0 Å². The van der Waals surface area contributed by atoms with Crippen LogP contribution in [-0.2, 0) is 4.79 Å². The molecule has 2 aromatic carbocycles. The molecular weight excluding hydrogens is 370 g/mol. The molecule has 0 saturated heterocycles. The van der Waals surface area contributed by atoms with Crippen LogP contribution in [0.25, 0.3) is 6.08 Å². The Morgan fingerprint density at radius 3 is 2.50 bits per heavy atom. The number of nitriles is 1. The lowest BCUT2D eigenvalue weighted by Crippen LogP contribution is -2.48. The molecule has 30 heavy (non-hydrogen) atoms. The molecule has 0 spiro atoms. The Balaban J connectivity index is 1.90. The summed E-state index contributed by atoms with van der Waals surface area (Å²) in [6.07, 6.45) is 2.75. The van der Waals surface area contributed by atoms with Gasteiger partial charge in [-0.2, -0.15) is 5.26 Å². The minimum absolute atomic E-state index is 0.102. The van der Waals surface area contributed by atoms with E-state index in [1.165, 1.54) is 11.3 Å². The molecule has 1 N–H and O–H groups in total. The molecule has 3 rings (SSSR count). The third-order valence-corrected chi connectivity index (χ3v) is 5.88. The predicted octanol–water partition coefficient (Wildman–Crippen LogP) is 5.96. The molecule has 1 aliphatic heterocycles. The number of anilines is 2. The van der Waals surface area contributed by atoms with Gasteiger partial charge in [0, 0.05) is 23.5 Å². The number of carbonyl (C=O) groups excluding carboxylic acids is 1. The summed E-state index contributed by atoms with van der Waals surface area (Å²) >= 11 is 0. The third-order valence-electron chi connectivity index (χ3n) is 5.88. The van der Waals surface area contributed by atoms with E-state index in [1.807, 2.05) is 38.1 Å². The van der Waals surface area contributed by atoms with Gasteiger partial charge in [0.2, 0.25) is 0 Å². The van der Waals surface area contributed by atoms with Crippen molar-refractivity contribution >= 4 is 23.4 Å². The number of nitrogens with zero attached hydrogens (tertiary/aromatic N) is 2. The van der Waals surface area contributed by atoms with E-state index in [-0.39, 0.29) is 17.0 Å². The highest BCUT2D eigenvalue weighted by Gasteiger charge is 2.35. The van der Waals surface area contributed by atoms with Crippen molar-refractivity contribution in [3.8, 4) is 6.07 Å². The average molecular weight is 402 g/mol. The van der Waals surface area contributed by atoms with Gasteiger partial charge in [0.25, 0.3) is 5.91 Å². The summed E-state index contributed by atoms with van der Waals surface area (Å²) < 4.78 is 0. The zero-order valence-electron chi connectivity index (χ0n) is 18.8. The second-order valence-electron chi connectivity index (χ2n) is 8.98. The number of amides is 1. The second kappa shape index (κ2) is 8.36. The first-order chi connectivity index (χ1) is 14.1. The SMILES string of the molecule is CCN1c2ccc(/C=C(\C#N)C(=O)Nc3cc(C)cc(C)c3)cc2C(C)CC1(C)C. The number of fused-ring (bicyclic) bond motifs is 1. The van der Waals surface area contributed by atoms with Crippen molar-refractivity contribution in [2.45, 2.75) is 59.4 Å². The Morgan fingerprint density at radius 1 is 1.23 bits per heavy atom. The van der Waals surface area contributed by atoms with Gasteiger partial charge in [-0.1, -0.05) is 19.1 Å². The zero-order valence-corrected chi connectivity index (χ0v) is 18.8. The lowest BCUT2D eigenvalue weighted by atomic mass is 9.79. The van der Waals surface area contributed by atoms with Crippen molar-refractivity contribution in [1.29, 1.82) is 5.26 Å². The fraction of sp³-hybridized carbons (Fsp3) is 0.385. The molecule has 0 aromatic heterocycles. The van der Waals surface area contributed by atoms with E-state index in [1.54, 1.807) is 6.08 Å². The van der Waals surface area contributed by atoms with E-state index in [0.29, 0.717) is 11.6 Å². The van der Waals surface area contributed by atoms with Gasteiger partial charge in [-0.15, -0.1) is 0 Å². The molecule has 156 valence electrons. The first-order valence-corrected chi connectivity index (χ1v) is 10.6. The van der Waals surface area contributed by atoms with Crippen LogP contribution in [0.4, 0.5) is 11.4 Å². The van der Waals surface area contributed by atoms with Crippen LogP contribution in [0.5, 0.6) is 0 Å². The molecule has 4 heteroatoms. The summed E-state index contributed by atoms with van der Waals surface area (Å²) in [6.45, 7) is 13.9. The second-order valence-corrected chi connectivity index (χ2v) is 8.98. The van der Waals surface area contributed by atoms with Crippen molar-refractivity contribution in [1.82, 2.24) is 0 Å². The molecule has 0 fully saturated rings. The first kappa shape index (κ1) is 21.6. The fourth-order valence-corrected chi connectivity index (χ4v) is 4.76. The van der Waals surface area contributed by atoms with E-state index in [0.717, 1.165) is 29.7 Å². The fourth-order valence-electron chi connectivity index (χ4n) is 4.76. The molecule has 4 nitrogen and oxygen atoms in total. The molecule has 0 saturated carbocycles. The minimum atomic E-state index is -0.385. The highest BCUT2D eigenvalue weighted by molar-refractivity contribution is 6.09. The summed E-state index contributed by atoms with van der Waals surface area (Å²) in [6, 6.07) is 14.2. The lowest BCUT2D eigenvalue weighted by molar-refractivity contribution is -0.112. The number of hydrogen-bond donors (Lipinski definition) is 1. The maximum Gasteiger partial charge on any atom is 0.266 e. The number of benzene rings is 2. The van der Waals surface area contributed by atoms with E-state index in [9.17, 15) is 10.1 Å². The molecule has 0 radical (unpaired) electrons. The molecule has 0 aliphatic carbocycles. The van der Waals surface area contributed by atoms with Gasteiger partial charge in [0.05, 0.1) is 0 Å². The van der Waals surface area contributed by atoms with Crippen molar-refractivity contribution in [2.75, 3.05) is 16.8 Å². The van der Waals surface area contributed by atoms with Crippen LogP contribution in [0.1, 0.15) is 62.3 Å². The number of carbonyl (C=O) groups is 1. The Hall–Kier alpha value is -3.06. The lowest BCUT2D eigenvalue weighted by Gasteiger charge is -2.47. The van der Waals surface area contributed by atoms with E-state index < -0.39 is 0 Å². The van der Waals surface area contributed by atoms with Gasteiger partial charge in [0.15, 0.2) is 0 Å². The van der Waals surface area contributed by atoms with E-state index >= 15 is 0 Å². The topological polar surface area (TPSA) is 56.1 Å². The van der Waals surface area contributed by atoms with Crippen molar-refractivity contribution in [3.63, 3.8) is 0 Å². The van der Waals surface area contributed by atoms with Crippen molar-refractivity contribution in [2.24, 2.45) is 0 Å². The molecule has 1 heterocycles. The Labute approximate surface area is 180 Å². The van der Waals surface area contributed by atoms with E-state index in [4.69, 9.17) is 0 Å². The monoisotopic (exact) mass is 401 g/mol. The normalized spacial score (nSPS) is 17.8. The van der Waals surface area contributed by atoms with Gasteiger partial charge in [-0.3, -0.25) is 4.79 Å². The van der Waals surface area contributed by atoms with Crippen molar-refractivity contribution in [3.05, 3.63) is 64.2 Å². The Morgan fingerprint density at radius 2 is 1.90 bits per heavy atom. The van der Waals surface area contributed by atoms with E-state index in [2.05, 4.69) is 56.1 Å². The highest BCUT2D eigenvalue weighted by Crippen LogP contribution is 2.43. The first-order valence-electron chi connectivity index (χ1n) is 10.6. The predicted molar refractivity (Wildman–Crippen MR) is 125 cm³/mol. The highest BCUT2D eigenvalue weighted by atomic mass is 16.1. The summed E-state index contributed by atoms with van der Waals surface area (Å²) in [5.41, 5.74) is 6.46. The molecule has 1 atom stereocenters. The van der Waals surface area contributed by atoms with Crippen molar-refractivity contribution < 1.29 is 4.79 Å². The number of hydrogen-bond acceptors (Lipinski definition) is 3. The van der Waals surface area contributed by atoms with Crippen LogP contribution >= 0.6 is 0 Å². The smallest absolute Gasteiger partial charge is 0.266 e. The third kappa shape index (κ3) is 4.41. The number of rotatable bonds is 4. The number of nitrogens with one attached hydrogen (secondary N) is 1. The maximum atomic E-state index is 12.7. The molecule has 1 aliphatic rings. The van der Waals surface area contributed by atoms with Crippen LogP contribution in [0, 0.1) is 25.2 Å². The van der Waals surface area contributed by atoms with Crippen LogP contribution in [0.3, 0.4) is 0 Å². The Bertz CT molecular complexity index is 1020. The molecule has 2 aromatic rings. The van der Waals surface area contributed by atoms with Gasteiger partial charge < -0.3 is 10.2 Å². The average Bonchev–Trinajstić information content (AvgIpc) is 2.65. The number of aryl methyl sites for hydroxylation is 2. The maximum absolute atomic E-state index is 12.7. The van der Waals surface area contributed by atoms with Gasteiger partial charge >= 0.3 is 0 Å². The molecule has 1 amide bonds. The largest absolute Gasteiger partial charge is 0.366 e. The summed E-state index contributed by atoms with van der Waals surface area (Å²) in [4.78, 5) is 15.1. The summed E-state index contributed by atoms with van der Waals surface area (Å²) in [7, 11) is 0. The van der Waals surface area contributed by atoms with Crippen LogP contribution in [0.15, 0.2) is 42.0 Å². The van der Waals surface area contributed by atoms with Crippen LogP contribution in [0.2, 0.25) is 0 Å². The zero-order chi connectivity index (χ0) is 22.1. The summed E-state index contributed by atoms with van der Waals surface area (Å²) in [5, 5.41) is 12.5. The van der Waals surface area contributed by atoms with Gasteiger partial charge in [0.1, 0.15) is 11.6 Å². The quantitative estimate of drug-likeness (QED) is 0.508. The summed E-state index contributed by atoms with van der Waals surface area (Å²) in [5.74, 6) is 0.0327. The molecule has 1 unspecified atom stereocenters. The Kier molecular flexibility index (Phi) is 6.03. The van der Waals surface area contributed by atoms with Gasteiger partial charge in [-0.05, 0) is 99.6 Å². The standard InChI is InChI=1S/C26H31N3O/c1-7-29-24-9-8-20(14-23(24)19(4)15-26(29,5)6)13-21(16-27)25(30)28-22-11-17(2)10-18(3)12-22/h8-14,19H,7,15H2,1-6H3,(H,28,30)/b21-13+. The van der Waals surface area contributed by atoms with Gasteiger partial charge in [-0.25, -0.2) is 0 Å². The molecular formula is C26H31N3O. The molecule has 0 bridgehead atoms. The minimum Gasteiger partial charge on any atom is -0.366 e. The van der Waals surface area contributed by atoms with Crippen LogP contribution < -0.4 is 10.2 Å².